The smallest absolute Gasteiger partial charge is 0.171 e. The van der Waals surface area contributed by atoms with Crippen LogP contribution in [-0.2, 0) is 6.42 Å². The molecule has 0 bridgehead atoms. The zero-order valence-corrected chi connectivity index (χ0v) is 11.7. The van der Waals surface area contributed by atoms with Crippen LogP contribution in [0.25, 0.3) is 5.65 Å². The van der Waals surface area contributed by atoms with Crippen molar-refractivity contribution in [2.24, 2.45) is 0 Å². The molecule has 1 fully saturated rings. The Labute approximate surface area is 114 Å². The average Bonchev–Trinajstić information content (AvgIpc) is 2.98. The predicted octanol–water partition coefficient (Wildman–Crippen LogP) is 1.76. The third-order valence-electron chi connectivity index (χ3n) is 3.42. The topological polar surface area (TPSA) is 68.2 Å². The van der Waals surface area contributed by atoms with E-state index in [4.69, 9.17) is 5.73 Å². The van der Waals surface area contributed by atoms with Crippen LogP contribution in [0.15, 0.2) is 16.7 Å². The van der Waals surface area contributed by atoms with Crippen molar-refractivity contribution in [3.8, 4) is 0 Å². The molecule has 2 aromatic rings. The third-order valence-corrected chi connectivity index (χ3v) is 3.98. The minimum absolute atomic E-state index is 0.637. The summed E-state index contributed by atoms with van der Waals surface area (Å²) in [5, 5.41) is 7.67. The summed E-state index contributed by atoms with van der Waals surface area (Å²) in [6, 6.07) is 2.55. The molecule has 0 amide bonds. The first-order valence-electron chi connectivity index (χ1n) is 6.26. The van der Waals surface area contributed by atoms with Gasteiger partial charge in [0.05, 0.1) is 10.7 Å². The number of aromatic nitrogens is 3. The van der Waals surface area contributed by atoms with Crippen molar-refractivity contribution in [3.63, 3.8) is 0 Å². The van der Waals surface area contributed by atoms with Gasteiger partial charge in [-0.15, -0.1) is 0 Å². The summed E-state index contributed by atoms with van der Waals surface area (Å²) >= 11 is 3.44. The van der Waals surface area contributed by atoms with Crippen LogP contribution in [-0.4, -0.2) is 27.2 Å². The third kappa shape index (κ3) is 2.22. The van der Waals surface area contributed by atoms with Gasteiger partial charge in [-0.2, -0.15) is 9.61 Å². The fraction of sp³-hybridized carbons (Fsp3) is 0.500. The Balaban J connectivity index is 1.81. The Morgan fingerprint density at radius 2 is 2.44 bits per heavy atom. The number of nitrogens with one attached hydrogen (secondary N) is 1. The van der Waals surface area contributed by atoms with E-state index < -0.39 is 0 Å². The zero-order chi connectivity index (χ0) is 12.5. The van der Waals surface area contributed by atoms with Gasteiger partial charge in [0, 0.05) is 17.8 Å². The summed E-state index contributed by atoms with van der Waals surface area (Å²) in [5.74, 6) is 0.639. The van der Waals surface area contributed by atoms with Crippen molar-refractivity contribution in [2.45, 2.75) is 31.7 Å². The normalized spacial score (nSPS) is 19.7. The van der Waals surface area contributed by atoms with Crippen LogP contribution in [0.2, 0.25) is 0 Å². The van der Waals surface area contributed by atoms with E-state index >= 15 is 0 Å². The van der Waals surface area contributed by atoms with Gasteiger partial charge in [-0.25, -0.2) is 4.98 Å². The maximum atomic E-state index is 5.98. The molecule has 96 valence electrons. The van der Waals surface area contributed by atoms with Crippen LogP contribution in [0.4, 0.5) is 5.82 Å². The van der Waals surface area contributed by atoms with Crippen LogP contribution in [0.3, 0.4) is 0 Å². The van der Waals surface area contributed by atoms with Crippen molar-refractivity contribution in [2.75, 3.05) is 12.3 Å². The van der Waals surface area contributed by atoms with E-state index in [-0.39, 0.29) is 0 Å². The molecule has 6 heteroatoms. The Morgan fingerprint density at radius 1 is 1.56 bits per heavy atom. The Hall–Kier alpha value is -1.14. The molecule has 3 N–H and O–H groups in total. The van der Waals surface area contributed by atoms with E-state index in [1.807, 2.05) is 6.07 Å². The van der Waals surface area contributed by atoms with Crippen LogP contribution in [0.1, 0.15) is 25.0 Å². The van der Waals surface area contributed by atoms with Gasteiger partial charge in [-0.05, 0) is 48.2 Å². The number of anilines is 1. The molecule has 1 aliphatic rings. The second-order valence-electron chi connectivity index (χ2n) is 4.73. The number of nitrogen functional groups attached to an aromatic ring is 1. The zero-order valence-electron chi connectivity index (χ0n) is 10.1. The average molecular weight is 310 g/mol. The van der Waals surface area contributed by atoms with Gasteiger partial charge >= 0.3 is 0 Å². The predicted molar refractivity (Wildman–Crippen MR) is 74.4 cm³/mol. The molecule has 18 heavy (non-hydrogen) atoms. The fourth-order valence-electron chi connectivity index (χ4n) is 2.47. The molecule has 0 radical (unpaired) electrons. The number of aryl methyl sites for hydroxylation is 1. The Morgan fingerprint density at radius 3 is 3.22 bits per heavy atom. The minimum atomic E-state index is 0.637. The van der Waals surface area contributed by atoms with Gasteiger partial charge in [0.15, 0.2) is 5.65 Å². The molecule has 0 aliphatic carbocycles. The molecule has 3 heterocycles. The molecule has 3 rings (SSSR count). The lowest BCUT2D eigenvalue weighted by molar-refractivity contribution is 0.555. The summed E-state index contributed by atoms with van der Waals surface area (Å²) in [5.41, 5.74) is 7.81. The SMILES string of the molecule is Nc1cc(CC[C@H]2CCCN2)nc2c(Br)cnn12. The van der Waals surface area contributed by atoms with Crippen molar-refractivity contribution >= 4 is 27.4 Å². The maximum absolute atomic E-state index is 5.98. The molecule has 1 atom stereocenters. The Bertz CT molecular complexity index is 559. The summed E-state index contributed by atoms with van der Waals surface area (Å²) in [6.45, 7) is 1.15. The highest BCUT2D eigenvalue weighted by Gasteiger charge is 2.15. The largest absolute Gasteiger partial charge is 0.384 e. The van der Waals surface area contributed by atoms with E-state index in [2.05, 4.69) is 31.3 Å². The lowest BCUT2D eigenvalue weighted by atomic mass is 10.1. The van der Waals surface area contributed by atoms with Crippen molar-refractivity contribution in [1.82, 2.24) is 19.9 Å². The van der Waals surface area contributed by atoms with Gasteiger partial charge in [-0.1, -0.05) is 0 Å². The molecule has 0 unspecified atom stereocenters. The highest BCUT2D eigenvalue weighted by molar-refractivity contribution is 9.10. The first-order chi connectivity index (χ1) is 8.74. The number of hydrogen-bond acceptors (Lipinski definition) is 4. The van der Waals surface area contributed by atoms with Crippen molar-refractivity contribution < 1.29 is 0 Å². The standard InChI is InChI=1S/C12H16BrN5/c13-10-7-16-18-11(14)6-9(17-12(10)18)4-3-8-2-1-5-15-8/h6-8,15H,1-5,14H2/t8-/m1/s1. The molecule has 0 saturated carbocycles. The maximum Gasteiger partial charge on any atom is 0.171 e. The summed E-state index contributed by atoms with van der Waals surface area (Å²) in [6.07, 6.45) is 6.35. The van der Waals surface area contributed by atoms with Gasteiger partial charge in [-0.3, -0.25) is 0 Å². The van der Waals surface area contributed by atoms with E-state index in [1.165, 1.54) is 12.8 Å². The summed E-state index contributed by atoms with van der Waals surface area (Å²) in [4.78, 5) is 4.60. The molecule has 1 aliphatic heterocycles. The van der Waals surface area contributed by atoms with Crippen molar-refractivity contribution in [1.29, 1.82) is 0 Å². The number of rotatable bonds is 3. The second-order valence-corrected chi connectivity index (χ2v) is 5.59. The first kappa shape index (κ1) is 11.9. The summed E-state index contributed by atoms with van der Waals surface area (Å²) in [7, 11) is 0. The molecule has 2 aromatic heterocycles. The van der Waals surface area contributed by atoms with Crippen molar-refractivity contribution in [3.05, 3.63) is 22.4 Å². The molecule has 1 saturated heterocycles. The van der Waals surface area contributed by atoms with E-state index in [0.29, 0.717) is 11.9 Å². The number of nitrogens with two attached hydrogens (primary N) is 1. The minimum Gasteiger partial charge on any atom is -0.384 e. The van der Waals surface area contributed by atoms with Crippen LogP contribution in [0, 0.1) is 0 Å². The molecular weight excluding hydrogens is 294 g/mol. The number of hydrogen-bond donors (Lipinski definition) is 2. The lowest BCUT2D eigenvalue weighted by Gasteiger charge is -2.10. The second kappa shape index (κ2) is 4.85. The highest BCUT2D eigenvalue weighted by atomic mass is 79.9. The lowest BCUT2D eigenvalue weighted by Crippen LogP contribution is -2.21. The molecule has 0 spiro atoms. The van der Waals surface area contributed by atoms with Crippen LogP contribution < -0.4 is 11.1 Å². The molecule has 5 nitrogen and oxygen atoms in total. The van der Waals surface area contributed by atoms with E-state index in [1.54, 1.807) is 10.7 Å². The first-order valence-corrected chi connectivity index (χ1v) is 7.05. The van der Waals surface area contributed by atoms with E-state index in [9.17, 15) is 0 Å². The number of nitrogens with zero attached hydrogens (tertiary/aromatic N) is 3. The van der Waals surface area contributed by atoms with Gasteiger partial charge in [0.1, 0.15) is 5.82 Å². The monoisotopic (exact) mass is 309 g/mol. The number of fused-ring (bicyclic) bond motifs is 1. The highest BCUT2D eigenvalue weighted by Crippen LogP contribution is 2.20. The van der Waals surface area contributed by atoms with Gasteiger partial charge in [0.2, 0.25) is 0 Å². The van der Waals surface area contributed by atoms with Crippen LogP contribution >= 0.6 is 15.9 Å². The van der Waals surface area contributed by atoms with E-state index in [0.717, 1.165) is 35.2 Å². The Kier molecular flexibility index (Phi) is 3.22. The van der Waals surface area contributed by atoms with Gasteiger partial charge in [0.25, 0.3) is 0 Å². The summed E-state index contributed by atoms with van der Waals surface area (Å²) < 4.78 is 2.54. The van der Waals surface area contributed by atoms with Crippen LogP contribution in [0.5, 0.6) is 0 Å². The fourth-order valence-corrected chi connectivity index (χ4v) is 2.81. The number of halogens is 1. The molecular formula is C12H16BrN5. The van der Waals surface area contributed by atoms with Gasteiger partial charge < -0.3 is 11.1 Å². The quantitative estimate of drug-likeness (QED) is 0.906. The molecule has 0 aromatic carbocycles.